The predicted molar refractivity (Wildman–Crippen MR) is 146 cm³/mol. The number of phosphoric ester groups is 1. The molecule has 0 aromatic carbocycles. The van der Waals surface area contributed by atoms with Gasteiger partial charge in [0.25, 0.3) is 5.56 Å². The highest BCUT2D eigenvalue weighted by Crippen LogP contribution is 2.53. The highest BCUT2D eigenvalue weighted by Gasteiger charge is 2.54. The molecule has 2 bridgehead atoms. The Kier molecular flexibility index (Phi) is 7.32. The second kappa shape index (κ2) is 10.9. The number of nitrogen functional groups attached to an aromatic ring is 2. The van der Waals surface area contributed by atoms with E-state index >= 15 is 0 Å². The summed E-state index contributed by atoms with van der Waals surface area (Å²) in [6.45, 7) is -0.794. The number of H-pyrrole nitrogens is 1. The number of aromatic nitrogens is 7. The van der Waals surface area contributed by atoms with Crippen LogP contribution < -0.4 is 17.0 Å². The monoisotopic (exact) mass is 673 g/mol. The molecule has 4 aromatic heterocycles. The highest BCUT2D eigenvalue weighted by atomic mass is 31.2. The lowest BCUT2D eigenvalue weighted by molar-refractivity contribution is -0.167. The van der Waals surface area contributed by atoms with E-state index in [0.717, 1.165) is 6.33 Å². The third-order valence-electron chi connectivity index (χ3n) is 7.36. The van der Waals surface area contributed by atoms with Crippen LogP contribution in [-0.4, -0.2) is 104 Å². The van der Waals surface area contributed by atoms with Crippen LogP contribution >= 0.6 is 15.4 Å². The van der Waals surface area contributed by atoms with Crippen LogP contribution in [0.2, 0.25) is 0 Å². The standard InChI is InChI=1S/C21H25N9O13P2/c22-14-9-16(25-4-24-14)30(5-26-9)18-11(32)13-20(41-18)38-6-44(34,35)42-12-10(31)8(3-39-45(36,37)43-13)40-19(12)29-2-1-7-15(29)27-21(23)28-17(7)33/h1-2,4-5,8,10-13,18-20,31-32H,3,6H2,(H,34,35)(H,36,37)(H2,22,24,25)(H3,23,27,28,33)/t8-,10?,11+,12+,13?,18-,19-,20+/m1/s1. The number of aromatic amines is 1. The molecule has 22 nitrogen and oxygen atoms in total. The van der Waals surface area contributed by atoms with Crippen LogP contribution in [0, 0.1) is 0 Å². The van der Waals surface area contributed by atoms with E-state index in [1.165, 1.54) is 27.7 Å². The van der Waals surface area contributed by atoms with Gasteiger partial charge in [-0.05, 0) is 6.07 Å². The quantitative estimate of drug-likeness (QED) is 0.116. The van der Waals surface area contributed by atoms with Gasteiger partial charge in [-0.3, -0.25) is 32.5 Å². The van der Waals surface area contributed by atoms with Gasteiger partial charge in [0, 0.05) is 6.20 Å². The SMILES string of the molecule is Nc1nc2c(ccn2[C@@H]2O[C@@H]3COP(=O)(O)OC4[C@@H](OCP(=O)(O)O[C@H]2C3O)O[C@@H](n2cnc3c(N)ncnc32)[C@H]4O)c(=O)[nH]1. The summed E-state index contributed by atoms with van der Waals surface area (Å²) < 4.78 is 61.6. The predicted octanol–water partition coefficient (Wildman–Crippen LogP) is -1.74. The Bertz CT molecular complexity index is 1930. The van der Waals surface area contributed by atoms with Crippen molar-refractivity contribution in [3.8, 4) is 0 Å². The molecule has 0 spiro atoms. The molecule has 242 valence electrons. The maximum atomic E-state index is 13.3. The molecule has 0 radical (unpaired) electrons. The molecular weight excluding hydrogens is 648 g/mol. The highest BCUT2D eigenvalue weighted by molar-refractivity contribution is 7.52. The number of hydrogen-bond acceptors (Lipinski definition) is 17. The van der Waals surface area contributed by atoms with Crippen molar-refractivity contribution in [3.63, 3.8) is 0 Å². The zero-order chi connectivity index (χ0) is 31.8. The van der Waals surface area contributed by atoms with E-state index in [0.29, 0.717) is 0 Å². The van der Waals surface area contributed by atoms with Crippen LogP contribution in [-0.2, 0) is 36.9 Å². The minimum atomic E-state index is -5.08. The van der Waals surface area contributed by atoms with Crippen molar-refractivity contribution >= 4 is 49.4 Å². The molecule has 0 aliphatic carbocycles. The van der Waals surface area contributed by atoms with Crippen LogP contribution in [0.5, 0.6) is 0 Å². The minimum Gasteiger partial charge on any atom is -0.387 e. The number of anilines is 2. The summed E-state index contributed by atoms with van der Waals surface area (Å²) in [6, 6.07) is 1.37. The Morgan fingerprint density at radius 1 is 0.978 bits per heavy atom. The van der Waals surface area contributed by atoms with Gasteiger partial charge in [-0.15, -0.1) is 0 Å². The molecule has 24 heteroatoms. The fraction of sp³-hybridized carbons (Fsp3) is 0.476. The number of phosphoric acid groups is 1. The fourth-order valence-corrected chi connectivity index (χ4v) is 7.28. The van der Waals surface area contributed by atoms with Crippen LogP contribution in [0.15, 0.2) is 29.7 Å². The molecule has 10 atom stereocenters. The average molecular weight is 673 g/mol. The molecule has 3 aliphatic rings. The van der Waals surface area contributed by atoms with Crippen molar-refractivity contribution in [2.75, 3.05) is 24.4 Å². The van der Waals surface area contributed by atoms with Gasteiger partial charge in [0.15, 0.2) is 48.3 Å². The Balaban J connectivity index is 1.21. The number of hydrogen-bond donors (Lipinski definition) is 7. The van der Waals surface area contributed by atoms with Gasteiger partial charge in [0.1, 0.15) is 36.3 Å². The third kappa shape index (κ3) is 5.33. The van der Waals surface area contributed by atoms with E-state index in [1.807, 2.05) is 0 Å². The maximum Gasteiger partial charge on any atom is 0.472 e. The second-order valence-electron chi connectivity index (χ2n) is 10.3. The Morgan fingerprint density at radius 3 is 2.58 bits per heavy atom. The van der Waals surface area contributed by atoms with Gasteiger partial charge >= 0.3 is 15.4 Å². The third-order valence-corrected chi connectivity index (χ3v) is 9.40. The maximum absolute atomic E-state index is 13.3. The summed E-state index contributed by atoms with van der Waals surface area (Å²) >= 11 is 0. The average Bonchev–Trinajstić information content (AvgIpc) is 3.72. The van der Waals surface area contributed by atoms with Crippen LogP contribution in [0.1, 0.15) is 12.5 Å². The topological polar surface area (TPSA) is 317 Å². The molecule has 45 heavy (non-hydrogen) atoms. The van der Waals surface area contributed by atoms with Gasteiger partial charge in [0.05, 0.1) is 18.3 Å². The molecule has 0 amide bonds. The van der Waals surface area contributed by atoms with E-state index in [1.54, 1.807) is 0 Å². The summed E-state index contributed by atoms with van der Waals surface area (Å²) in [5.74, 6) is -0.208. The van der Waals surface area contributed by atoms with Gasteiger partial charge in [-0.2, -0.15) is 4.98 Å². The minimum absolute atomic E-state index is 0.00815. The first-order valence-electron chi connectivity index (χ1n) is 13.1. The Morgan fingerprint density at radius 2 is 1.78 bits per heavy atom. The van der Waals surface area contributed by atoms with Crippen molar-refractivity contribution in [1.29, 1.82) is 0 Å². The number of nitrogens with two attached hydrogens (primary N) is 2. The summed E-state index contributed by atoms with van der Waals surface area (Å²) in [6.07, 6.45) is -10.2. The number of aliphatic hydroxyl groups excluding tert-OH is 2. The Hall–Kier alpha value is -3.37. The summed E-state index contributed by atoms with van der Waals surface area (Å²) in [4.78, 5) is 52.1. The lowest BCUT2D eigenvalue weighted by atomic mass is 10.1. The lowest BCUT2D eigenvalue weighted by Gasteiger charge is -2.26. The first kappa shape index (κ1) is 30.3. The van der Waals surface area contributed by atoms with Crippen molar-refractivity contribution in [2.45, 2.75) is 49.3 Å². The molecule has 3 aliphatic heterocycles. The van der Waals surface area contributed by atoms with Crippen molar-refractivity contribution in [2.24, 2.45) is 0 Å². The molecule has 4 aromatic rings. The fourth-order valence-electron chi connectivity index (χ4n) is 5.35. The number of ether oxygens (including phenoxy) is 3. The van der Waals surface area contributed by atoms with Crippen LogP contribution in [0.3, 0.4) is 0 Å². The molecule has 9 N–H and O–H groups in total. The second-order valence-corrected chi connectivity index (χ2v) is 13.4. The Labute approximate surface area is 249 Å². The van der Waals surface area contributed by atoms with Crippen LogP contribution in [0.25, 0.3) is 22.2 Å². The van der Waals surface area contributed by atoms with Crippen LogP contribution in [0.4, 0.5) is 11.8 Å². The van der Waals surface area contributed by atoms with E-state index in [-0.39, 0.29) is 34.0 Å². The molecule has 7 rings (SSSR count). The first-order valence-corrected chi connectivity index (χ1v) is 16.3. The van der Waals surface area contributed by atoms with Crippen molar-refractivity contribution in [1.82, 2.24) is 34.1 Å². The molecule has 7 heterocycles. The summed E-state index contributed by atoms with van der Waals surface area (Å²) in [5, 5.41) is 22.2. The molecule has 4 unspecified atom stereocenters. The van der Waals surface area contributed by atoms with Gasteiger partial charge in [0.2, 0.25) is 5.95 Å². The zero-order valence-corrected chi connectivity index (χ0v) is 24.3. The van der Waals surface area contributed by atoms with E-state index < -0.39 is 83.2 Å². The van der Waals surface area contributed by atoms with E-state index in [4.69, 9.17) is 39.2 Å². The zero-order valence-electron chi connectivity index (χ0n) is 22.5. The number of aliphatic hydroxyl groups is 2. The normalized spacial score (nSPS) is 37.7. The molecule has 0 saturated carbocycles. The molecule has 3 fully saturated rings. The molecule has 3 saturated heterocycles. The van der Waals surface area contributed by atoms with Gasteiger partial charge < -0.3 is 50.2 Å². The summed E-state index contributed by atoms with van der Waals surface area (Å²) in [5.41, 5.74) is 11.2. The number of imidazole rings is 1. The number of fused-ring (bicyclic) bond motifs is 5. The van der Waals surface area contributed by atoms with Crippen molar-refractivity contribution < 1.29 is 56.9 Å². The van der Waals surface area contributed by atoms with E-state index in [2.05, 4.69) is 24.9 Å². The van der Waals surface area contributed by atoms with Gasteiger partial charge in [-0.25, -0.2) is 19.5 Å². The molecular formula is C21H25N9O13P2. The smallest absolute Gasteiger partial charge is 0.387 e. The lowest BCUT2D eigenvalue weighted by Crippen LogP contribution is -2.35. The summed E-state index contributed by atoms with van der Waals surface area (Å²) in [7, 11) is -9.89. The largest absolute Gasteiger partial charge is 0.472 e. The van der Waals surface area contributed by atoms with E-state index in [9.17, 15) is 33.9 Å². The van der Waals surface area contributed by atoms with Crippen molar-refractivity contribution in [3.05, 3.63) is 35.3 Å². The first-order chi connectivity index (χ1) is 21.3. The van der Waals surface area contributed by atoms with Gasteiger partial charge in [-0.1, -0.05) is 0 Å². The number of nitrogens with zero attached hydrogens (tertiary/aromatic N) is 6. The number of nitrogens with one attached hydrogen (secondary N) is 1. The number of rotatable bonds is 2.